The Labute approximate surface area is 154 Å². The minimum Gasteiger partial charge on any atom is -0.457 e. The van der Waals surface area contributed by atoms with Crippen molar-refractivity contribution >= 4 is 10.0 Å². The van der Waals surface area contributed by atoms with Crippen LogP contribution in [-0.2, 0) is 16.2 Å². The molecule has 3 aromatic rings. The second-order valence-electron chi connectivity index (χ2n) is 5.69. The average molecular weight is 393 g/mol. The maximum Gasteiger partial charge on any atom is 0.416 e. The molecule has 0 aliphatic rings. The summed E-state index contributed by atoms with van der Waals surface area (Å²) < 4.78 is 67.9. The molecule has 0 amide bonds. The molecular formula is C19H14F3NO3S. The van der Waals surface area contributed by atoms with Crippen molar-refractivity contribution in [2.45, 2.75) is 11.1 Å². The SMILES string of the molecule is NS(=O)(=O)c1ccc(-c2cc(C(F)(F)F)ccc2Oc2ccccc2)cc1. The molecule has 8 heteroatoms. The highest BCUT2D eigenvalue weighted by Gasteiger charge is 2.31. The van der Waals surface area contributed by atoms with Crippen molar-refractivity contribution in [3.8, 4) is 22.6 Å². The number of ether oxygens (including phenoxy) is 1. The van der Waals surface area contributed by atoms with E-state index in [1.807, 2.05) is 0 Å². The summed E-state index contributed by atoms with van der Waals surface area (Å²) in [5, 5.41) is 5.06. The van der Waals surface area contributed by atoms with Gasteiger partial charge in [-0.25, -0.2) is 13.6 Å². The lowest BCUT2D eigenvalue weighted by Crippen LogP contribution is -2.11. The third-order valence-electron chi connectivity index (χ3n) is 3.77. The summed E-state index contributed by atoms with van der Waals surface area (Å²) in [6.07, 6.45) is -4.53. The monoisotopic (exact) mass is 393 g/mol. The number of hydrogen-bond acceptors (Lipinski definition) is 3. The largest absolute Gasteiger partial charge is 0.457 e. The first-order chi connectivity index (χ1) is 12.6. The van der Waals surface area contributed by atoms with Crippen LogP contribution in [0.1, 0.15) is 5.56 Å². The van der Waals surface area contributed by atoms with Crippen molar-refractivity contribution in [3.05, 3.63) is 78.4 Å². The van der Waals surface area contributed by atoms with Crippen LogP contribution in [0, 0.1) is 0 Å². The fraction of sp³-hybridized carbons (Fsp3) is 0.0526. The van der Waals surface area contributed by atoms with E-state index in [0.717, 1.165) is 12.1 Å². The third-order valence-corrected chi connectivity index (χ3v) is 4.70. The van der Waals surface area contributed by atoms with Gasteiger partial charge in [0.2, 0.25) is 10.0 Å². The number of rotatable bonds is 4. The van der Waals surface area contributed by atoms with Gasteiger partial charge in [0.05, 0.1) is 10.5 Å². The molecule has 0 radical (unpaired) electrons. The molecule has 0 atom stereocenters. The summed E-state index contributed by atoms with van der Waals surface area (Å²) in [7, 11) is -3.90. The van der Waals surface area contributed by atoms with E-state index in [1.165, 1.54) is 30.3 Å². The molecule has 0 aromatic heterocycles. The summed E-state index contributed by atoms with van der Waals surface area (Å²) >= 11 is 0. The van der Waals surface area contributed by atoms with Gasteiger partial charge in [-0.2, -0.15) is 13.2 Å². The van der Waals surface area contributed by atoms with Gasteiger partial charge in [-0.05, 0) is 48.0 Å². The predicted molar refractivity (Wildman–Crippen MR) is 94.8 cm³/mol. The number of benzene rings is 3. The van der Waals surface area contributed by atoms with Crippen molar-refractivity contribution in [2.24, 2.45) is 5.14 Å². The van der Waals surface area contributed by atoms with Gasteiger partial charge in [-0.3, -0.25) is 0 Å². The molecule has 3 aromatic carbocycles. The molecule has 0 unspecified atom stereocenters. The van der Waals surface area contributed by atoms with Crippen LogP contribution < -0.4 is 9.88 Å². The van der Waals surface area contributed by atoms with Gasteiger partial charge in [0.15, 0.2) is 0 Å². The first-order valence-electron chi connectivity index (χ1n) is 7.72. The molecule has 0 saturated heterocycles. The zero-order chi connectivity index (χ0) is 19.7. The van der Waals surface area contributed by atoms with E-state index in [1.54, 1.807) is 30.3 Å². The molecule has 0 aliphatic carbocycles. The Balaban J connectivity index is 2.10. The normalized spacial score (nSPS) is 12.0. The Hall–Kier alpha value is -2.84. The average Bonchev–Trinajstić information content (AvgIpc) is 2.61. The second kappa shape index (κ2) is 7.05. The lowest BCUT2D eigenvalue weighted by Gasteiger charge is -2.15. The fourth-order valence-corrected chi connectivity index (χ4v) is 2.98. The Morgan fingerprint density at radius 1 is 0.852 bits per heavy atom. The zero-order valence-corrected chi connectivity index (χ0v) is 14.6. The van der Waals surface area contributed by atoms with Crippen LogP contribution in [0.5, 0.6) is 11.5 Å². The van der Waals surface area contributed by atoms with Crippen LogP contribution >= 0.6 is 0 Å². The fourth-order valence-electron chi connectivity index (χ4n) is 2.46. The molecular weight excluding hydrogens is 379 g/mol. The van der Waals surface area contributed by atoms with Crippen LogP contribution in [0.4, 0.5) is 13.2 Å². The van der Waals surface area contributed by atoms with Gasteiger partial charge in [0.25, 0.3) is 0 Å². The van der Waals surface area contributed by atoms with Gasteiger partial charge in [-0.15, -0.1) is 0 Å². The van der Waals surface area contributed by atoms with Crippen molar-refractivity contribution in [1.29, 1.82) is 0 Å². The van der Waals surface area contributed by atoms with E-state index in [-0.39, 0.29) is 16.2 Å². The van der Waals surface area contributed by atoms with Crippen molar-refractivity contribution < 1.29 is 26.3 Å². The van der Waals surface area contributed by atoms with Crippen molar-refractivity contribution in [1.82, 2.24) is 0 Å². The summed E-state index contributed by atoms with van der Waals surface area (Å²) in [4.78, 5) is -0.135. The first-order valence-corrected chi connectivity index (χ1v) is 9.26. The smallest absolute Gasteiger partial charge is 0.416 e. The molecule has 0 bridgehead atoms. The first kappa shape index (κ1) is 18.9. The van der Waals surface area contributed by atoms with Gasteiger partial charge in [-0.1, -0.05) is 30.3 Å². The minimum atomic E-state index is -4.53. The summed E-state index contributed by atoms with van der Waals surface area (Å²) in [5.74, 6) is 0.664. The topological polar surface area (TPSA) is 69.4 Å². The summed E-state index contributed by atoms with van der Waals surface area (Å²) in [6.45, 7) is 0. The predicted octanol–water partition coefficient (Wildman–Crippen LogP) is 4.81. The zero-order valence-electron chi connectivity index (χ0n) is 13.8. The molecule has 0 spiro atoms. The Bertz CT molecular complexity index is 1050. The minimum absolute atomic E-state index is 0.135. The number of alkyl halides is 3. The molecule has 0 fully saturated rings. The highest BCUT2D eigenvalue weighted by molar-refractivity contribution is 7.89. The van der Waals surface area contributed by atoms with Gasteiger partial charge < -0.3 is 4.74 Å². The lowest BCUT2D eigenvalue weighted by molar-refractivity contribution is -0.137. The maximum atomic E-state index is 13.1. The summed E-state index contributed by atoms with van der Waals surface area (Å²) in [5.41, 5.74) is -0.303. The Morgan fingerprint density at radius 3 is 2.04 bits per heavy atom. The van der Waals surface area contributed by atoms with Crippen LogP contribution in [0.15, 0.2) is 77.7 Å². The number of sulfonamides is 1. The molecule has 4 nitrogen and oxygen atoms in total. The Morgan fingerprint density at radius 2 is 1.48 bits per heavy atom. The van der Waals surface area contributed by atoms with E-state index in [4.69, 9.17) is 9.88 Å². The number of para-hydroxylation sites is 1. The molecule has 0 heterocycles. The van der Waals surface area contributed by atoms with Gasteiger partial charge >= 0.3 is 6.18 Å². The van der Waals surface area contributed by atoms with Crippen molar-refractivity contribution in [3.63, 3.8) is 0 Å². The van der Waals surface area contributed by atoms with Crippen LogP contribution in [0.3, 0.4) is 0 Å². The summed E-state index contributed by atoms with van der Waals surface area (Å²) in [6, 6.07) is 17.0. The van der Waals surface area contributed by atoms with E-state index >= 15 is 0 Å². The number of nitrogens with two attached hydrogens (primary N) is 1. The number of halogens is 3. The standard InChI is InChI=1S/C19H14F3NO3S/c20-19(21,22)14-8-11-18(26-15-4-2-1-3-5-15)17(12-14)13-6-9-16(10-7-13)27(23,24)25/h1-12H,(H2,23,24,25). The van der Waals surface area contributed by atoms with E-state index < -0.39 is 21.8 Å². The van der Waals surface area contributed by atoms with Gasteiger partial charge in [0.1, 0.15) is 11.5 Å². The molecule has 3 rings (SSSR count). The van der Waals surface area contributed by atoms with E-state index in [2.05, 4.69) is 0 Å². The second-order valence-corrected chi connectivity index (χ2v) is 7.25. The van der Waals surface area contributed by atoms with Gasteiger partial charge in [0, 0.05) is 5.56 Å². The van der Waals surface area contributed by atoms with Crippen molar-refractivity contribution in [2.75, 3.05) is 0 Å². The molecule has 27 heavy (non-hydrogen) atoms. The molecule has 0 saturated carbocycles. The molecule has 140 valence electrons. The number of hydrogen-bond donors (Lipinski definition) is 1. The Kier molecular flexibility index (Phi) is 4.95. The lowest BCUT2D eigenvalue weighted by atomic mass is 10.0. The van der Waals surface area contributed by atoms with E-state index in [0.29, 0.717) is 11.3 Å². The third kappa shape index (κ3) is 4.47. The number of primary sulfonamides is 1. The highest BCUT2D eigenvalue weighted by atomic mass is 32.2. The molecule has 0 aliphatic heterocycles. The molecule has 2 N–H and O–H groups in total. The highest BCUT2D eigenvalue weighted by Crippen LogP contribution is 2.39. The quantitative estimate of drug-likeness (QED) is 0.691. The maximum absolute atomic E-state index is 13.1. The van der Waals surface area contributed by atoms with E-state index in [9.17, 15) is 21.6 Å². The van der Waals surface area contributed by atoms with Crippen LogP contribution in [-0.4, -0.2) is 8.42 Å². The van der Waals surface area contributed by atoms with Crippen LogP contribution in [0.2, 0.25) is 0 Å². The van der Waals surface area contributed by atoms with Crippen LogP contribution in [0.25, 0.3) is 11.1 Å².